The second-order valence-corrected chi connectivity index (χ2v) is 7.65. The molecule has 6 nitrogen and oxygen atoms in total. The predicted octanol–water partition coefficient (Wildman–Crippen LogP) is 3.82. The van der Waals surface area contributed by atoms with Crippen LogP contribution in [0.15, 0.2) is 60.7 Å². The van der Waals surface area contributed by atoms with Crippen LogP contribution < -0.4 is 10.6 Å². The van der Waals surface area contributed by atoms with Gasteiger partial charge in [0.15, 0.2) is 6.29 Å². The van der Waals surface area contributed by atoms with Gasteiger partial charge in [0, 0.05) is 18.2 Å². The molecular formula is C24H28N4O2. The molecule has 3 N–H and O–H groups in total. The summed E-state index contributed by atoms with van der Waals surface area (Å²) in [5.74, 6) is -0.423. The first-order chi connectivity index (χ1) is 14.3. The molecule has 1 aromatic carbocycles. The molecule has 0 aliphatic rings. The number of hydrogen-bond donors (Lipinski definition) is 3. The molecule has 156 valence electrons. The highest BCUT2D eigenvalue weighted by Gasteiger charge is 2.20. The summed E-state index contributed by atoms with van der Waals surface area (Å²) >= 11 is 0. The van der Waals surface area contributed by atoms with Gasteiger partial charge in [-0.3, -0.25) is 9.59 Å². The Morgan fingerprint density at radius 3 is 2.60 bits per heavy atom. The Kier molecular flexibility index (Phi) is 7.69. The molecule has 1 heterocycles. The topological polar surface area (TPSA) is 86.9 Å². The van der Waals surface area contributed by atoms with Crippen molar-refractivity contribution in [2.75, 3.05) is 7.05 Å². The number of nitrogens with one attached hydrogen (secondary N) is 3. The lowest BCUT2D eigenvalue weighted by atomic mass is 9.90. The van der Waals surface area contributed by atoms with Crippen molar-refractivity contribution in [2.45, 2.75) is 26.2 Å². The number of aromatic amines is 1. The molecule has 2 rings (SSSR count). The highest BCUT2D eigenvalue weighted by molar-refractivity contribution is 5.99. The second-order valence-electron chi connectivity index (χ2n) is 7.65. The number of aldehydes is 1. The zero-order valence-corrected chi connectivity index (χ0v) is 17.8. The minimum Gasteiger partial charge on any atom is -0.384 e. The lowest BCUT2D eigenvalue weighted by molar-refractivity contribution is -0.118. The maximum absolute atomic E-state index is 12.6. The van der Waals surface area contributed by atoms with E-state index in [1.165, 1.54) is 0 Å². The van der Waals surface area contributed by atoms with Gasteiger partial charge in [-0.2, -0.15) is 0 Å². The van der Waals surface area contributed by atoms with Crippen LogP contribution in [0.5, 0.6) is 0 Å². The van der Waals surface area contributed by atoms with Gasteiger partial charge in [0.05, 0.1) is 23.4 Å². The van der Waals surface area contributed by atoms with Crippen LogP contribution in [0, 0.1) is 0 Å². The predicted molar refractivity (Wildman–Crippen MR) is 122 cm³/mol. The zero-order chi connectivity index (χ0) is 22.1. The molecule has 0 aliphatic carbocycles. The number of aromatic nitrogens is 2. The quantitative estimate of drug-likeness (QED) is 0.355. The highest BCUT2D eigenvalue weighted by atomic mass is 16.2. The standard InChI is InChI=1S/C24H28N4O2/c1-6-17-9-7-10-18(13-17)11-8-12-20(25-5)23(30)28-19(15-29)14-21-22(24(2,3)4)27-16-26-21/h6-16,25H,1H2,2-5H3,(H,26,27)(H,28,30)/b11-8+,19-14-,20-12-. The van der Waals surface area contributed by atoms with Crippen molar-refractivity contribution in [3.8, 4) is 0 Å². The number of imidazole rings is 1. The number of benzene rings is 1. The normalized spacial score (nSPS) is 12.7. The van der Waals surface area contributed by atoms with E-state index < -0.39 is 5.91 Å². The third-order valence-electron chi connectivity index (χ3n) is 4.31. The minimum atomic E-state index is -0.423. The molecule has 0 atom stereocenters. The molecule has 6 heteroatoms. The van der Waals surface area contributed by atoms with Crippen LogP contribution >= 0.6 is 0 Å². The van der Waals surface area contributed by atoms with Gasteiger partial charge < -0.3 is 15.6 Å². The second kappa shape index (κ2) is 10.2. The number of rotatable bonds is 8. The van der Waals surface area contributed by atoms with E-state index in [1.807, 2.05) is 51.1 Å². The number of allylic oxidation sites excluding steroid dienone is 3. The number of likely N-dealkylation sites (N-methyl/N-ethyl adjacent to an activating group) is 1. The van der Waals surface area contributed by atoms with Crippen LogP contribution in [0.4, 0.5) is 0 Å². The Balaban J connectivity index is 2.17. The SMILES string of the molecule is C=Cc1cccc(/C=C/C=C(\NC)C(=O)N/C(C=O)=C\c2nc[nH]c2C(C)(C)C)c1. The first-order valence-corrected chi connectivity index (χ1v) is 9.59. The highest BCUT2D eigenvalue weighted by Crippen LogP contribution is 2.23. The fourth-order valence-electron chi connectivity index (χ4n) is 2.78. The Labute approximate surface area is 177 Å². The average Bonchev–Trinajstić information content (AvgIpc) is 3.19. The maximum Gasteiger partial charge on any atom is 0.271 e. The summed E-state index contributed by atoms with van der Waals surface area (Å²) in [7, 11) is 1.65. The van der Waals surface area contributed by atoms with Gasteiger partial charge in [0.1, 0.15) is 0 Å². The van der Waals surface area contributed by atoms with Gasteiger partial charge in [-0.1, -0.05) is 63.8 Å². The molecule has 0 saturated heterocycles. The summed E-state index contributed by atoms with van der Waals surface area (Å²) < 4.78 is 0. The Bertz CT molecular complexity index is 1000. The number of H-pyrrole nitrogens is 1. The molecule has 0 radical (unpaired) electrons. The van der Waals surface area contributed by atoms with Gasteiger partial charge in [0.2, 0.25) is 0 Å². The van der Waals surface area contributed by atoms with E-state index in [9.17, 15) is 9.59 Å². The molecule has 0 spiro atoms. The third kappa shape index (κ3) is 6.17. The summed E-state index contributed by atoms with van der Waals surface area (Å²) in [5.41, 5.74) is 3.76. The number of carbonyl (C=O) groups is 2. The lowest BCUT2D eigenvalue weighted by Crippen LogP contribution is -2.30. The molecule has 30 heavy (non-hydrogen) atoms. The van der Waals surface area contributed by atoms with Crippen molar-refractivity contribution < 1.29 is 9.59 Å². The van der Waals surface area contributed by atoms with Gasteiger partial charge in [0.25, 0.3) is 5.91 Å². The average molecular weight is 405 g/mol. The summed E-state index contributed by atoms with van der Waals surface area (Å²) in [6.07, 6.45) is 10.8. The van der Waals surface area contributed by atoms with E-state index in [2.05, 4.69) is 27.2 Å². The maximum atomic E-state index is 12.6. The molecule has 0 unspecified atom stereocenters. The largest absolute Gasteiger partial charge is 0.384 e. The monoisotopic (exact) mass is 404 g/mol. The first kappa shape index (κ1) is 22.6. The van der Waals surface area contributed by atoms with Crippen molar-refractivity contribution in [1.29, 1.82) is 0 Å². The van der Waals surface area contributed by atoms with Crippen LogP contribution in [0.25, 0.3) is 18.2 Å². The fraction of sp³-hybridized carbons (Fsp3) is 0.208. The van der Waals surface area contributed by atoms with Gasteiger partial charge >= 0.3 is 0 Å². The summed E-state index contributed by atoms with van der Waals surface area (Å²) in [5, 5.41) is 5.48. The molecule has 0 aliphatic heterocycles. The minimum absolute atomic E-state index is 0.126. The van der Waals surface area contributed by atoms with Crippen molar-refractivity contribution in [1.82, 2.24) is 20.6 Å². The lowest BCUT2D eigenvalue weighted by Gasteiger charge is -2.17. The van der Waals surface area contributed by atoms with Crippen molar-refractivity contribution in [3.63, 3.8) is 0 Å². The zero-order valence-electron chi connectivity index (χ0n) is 17.8. The number of carbonyl (C=O) groups excluding carboxylic acids is 2. The summed E-state index contributed by atoms with van der Waals surface area (Å²) in [4.78, 5) is 31.4. The van der Waals surface area contributed by atoms with Gasteiger partial charge in [-0.25, -0.2) is 4.98 Å². The van der Waals surface area contributed by atoms with Crippen LogP contribution in [-0.2, 0) is 15.0 Å². The summed E-state index contributed by atoms with van der Waals surface area (Å²) in [6.45, 7) is 9.87. The number of hydrogen-bond acceptors (Lipinski definition) is 4. The number of amides is 1. The van der Waals surface area contributed by atoms with Gasteiger partial charge in [-0.15, -0.1) is 0 Å². The first-order valence-electron chi connectivity index (χ1n) is 9.59. The van der Waals surface area contributed by atoms with Crippen molar-refractivity contribution >= 4 is 30.4 Å². The van der Waals surface area contributed by atoms with Gasteiger partial charge in [-0.05, 0) is 29.3 Å². The van der Waals surface area contributed by atoms with E-state index in [0.717, 1.165) is 16.8 Å². The smallest absolute Gasteiger partial charge is 0.271 e. The van der Waals surface area contributed by atoms with Crippen molar-refractivity contribution in [2.24, 2.45) is 0 Å². The molecule has 0 saturated carbocycles. The van der Waals surface area contributed by atoms with Crippen LogP contribution in [0.2, 0.25) is 0 Å². The molecule has 1 amide bonds. The molecule has 0 fully saturated rings. The summed E-state index contributed by atoms with van der Waals surface area (Å²) in [6, 6.07) is 7.85. The molecule has 1 aromatic heterocycles. The van der Waals surface area contributed by atoms with E-state index in [4.69, 9.17) is 0 Å². The van der Waals surface area contributed by atoms with Crippen LogP contribution in [0.3, 0.4) is 0 Å². The van der Waals surface area contributed by atoms with Crippen LogP contribution in [-0.4, -0.2) is 29.2 Å². The van der Waals surface area contributed by atoms with E-state index in [-0.39, 0.29) is 11.1 Å². The van der Waals surface area contributed by atoms with E-state index >= 15 is 0 Å². The molecule has 0 bridgehead atoms. The van der Waals surface area contributed by atoms with Crippen molar-refractivity contribution in [3.05, 3.63) is 83.2 Å². The number of nitrogens with zero attached hydrogens (tertiary/aromatic N) is 1. The van der Waals surface area contributed by atoms with Crippen LogP contribution in [0.1, 0.15) is 43.3 Å². The Morgan fingerprint density at radius 1 is 1.23 bits per heavy atom. The Morgan fingerprint density at radius 2 is 1.97 bits per heavy atom. The molecular weight excluding hydrogens is 376 g/mol. The Hall–Kier alpha value is -3.67. The van der Waals surface area contributed by atoms with E-state index in [0.29, 0.717) is 17.7 Å². The molecule has 2 aromatic rings. The van der Waals surface area contributed by atoms with E-state index in [1.54, 1.807) is 37.7 Å². The third-order valence-corrected chi connectivity index (χ3v) is 4.31. The fourth-order valence-corrected chi connectivity index (χ4v) is 2.78.